The molecule has 0 aliphatic carbocycles. The zero-order valence-electron chi connectivity index (χ0n) is 13.7. The molecule has 1 aliphatic rings. The fraction of sp³-hybridized carbons (Fsp3) is 0.438. The number of carbonyl (C=O) groups excluding carboxylic acids is 2. The summed E-state index contributed by atoms with van der Waals surface area (Å²) in [6.45, 7) is -0.318. The fourth-order valence-electron chi connectivity index (χ4n) is 2.48. The molecule has 2 rings (SSSR count). The van der Waals surface area contributed by atoms with Crippen LogP contribution in [0, 0.1) is 0 Å². The summed E-state index contributed by atoms with van der Waals surface area (Å²) in [6.07, 6.45) is 0.741. The maximum absolute atomic E-state index is 12.5. The zero-order chi connectivity index (χ0) is 18.4. The van der Waals surface area contributed by atoms with E-state index in [1.165, 1.54) is 25.3 Å². The Morgan fingerprint density at radius 3 is 2.52 bits per heavy atom. The molecule has 25 heavy (non-hydrogen) atoms. The van der Waals surface area contributed by atoms with Crippen LogP contribution < -0.4 is 20.5 Å². The zero-order valence-corrected chi connectivity index (χ0v) is 14.6. The van der Waals surface area contributed by atoms with Gasteiger partial charge in [-0.05, 0) is 42.5 Å². The van der Waals surface area contributed by atoms with Crippen molar-refractivity contribution in [3.8, 4) is 11.5 Å². The number of carboxylic acid groups (broad SMARTS) is 1. The van der Waals surface area contributed by atoms with Gasteiger partial charge in [0.1, 0.15) is 5.54 Å². The molecule has 2 amide bonds. The van der Waals surface area contributed by atoms with Crippen LogP contribution in [0.5, 0.6) is 11.5 Å². The van der Waals surface area contributed by atoms with Gasteiger partial charge >= 0.3 is 5.97 Å². The number of methoxy groups -OCH3 is 1. The molecule has 0 atom stereocenters. The van der Waals surface area contributed by atoms with Crippen molar-refractivity contribution in [3.63, 3.8) is 0 Å². The molecule has 1 aliphatic heterocycles. The van der Waals surface area contributed by atoms with E-state index < -0.39 is 23.3 Å². The predicted molar refractivity (Wildman–Crippen MR) is 92.1 cm³/mol. The first-order valence-electron chi connectivity index (χ1n) is 7.61. The molecule has 0 saturated carbocycles. The number of aliphatic carboxylic acids is 1. The third-order valence-corrected chi connectivity index (χ3v) is 4.89. The van der Waals surface area contributed by atoms with E-state index in [0.717, 1.165) is 0 Å². The number of thioether (sulfide) groups is 1. The molecule has 1 fully saturated rings. The fourth-order valence-corrected chi connectivity index (χ4v) is 3.67. The molecule has 4 N–H and O–H groups in total. The number of amides is 2. The molecule has 0 unspecified atom stereocenters. The Morgan fingerprint density at radius 1 is 1.28 bits per heavy atom. The first-order valence-corrected chi connectivity index (χ1v) is 8.76. The van der Waals surface area contributed by atoms with E-state index >= 15 is 0 Å². The van der Waals surface area contributed by atoms with Crippen molar-refractivity contribution in [1.29, 1.82) is 0 Å². The predicted octanol–water partition coefficient (Wildman–Crippen LogP) is 0.639. The summed E-state index contributed by atoms with van der Waals surface area (Å²) in [5, 5.41) is 12.2. The van der Waals surface area contributed by atoms with Gasteiger partial charge < -0.3 is 25.6 Å². The quantitative estimate of drug-likeness (QED) is 0.644. The molecule has 1 saturated heterocycles. The van der Waals surface area contributed by atoms with Crippen molar-refractivity contribution in [2.45, 2.75) is 18.4 Å². The average molecular weight is 368 g/mol. The summed E-state index contributed by atoms with van der Waals surface area (Å²) >= 11 is 1.66. The van der Waals surface area contributed by atoms with Gasteiger partial charge in [0.25, 0.3) is 11.8 Å². The summed E-state index contributed by atoms with van der Waals surface area (Å²) in [4.78, 5) is 35.0. The van der Waals surface area contributed by atoms with E-state index in [1.807, 2.05) is 0 Å². The summed E-state index contributed by atoms with van der Waals surface area (Å²) < 4.78 is 10.4. The molecule has 8 nitrogen and oxygen atoms in total. The third-order valence-electron chi connectivity index (χ3n) is 3.90. The van der Waals surface area contributed by atoms with Gasteiger partial charge in [-0.1, -0.05) is 0 Å². The smallest absolute Gasteiger partial charge is 0.329 e. The van der Waals surface area contributed by atoms with E-state index in [0.29, 0.717) is 24.3 Å². The number of carbonyl (C=O) groups is 3. The second kappa shape index (κ2) is 8.11. The topological polar surface area (TPSA) is 128 Å². The molecule has 9 heteroatoms. The molecule has 0 spiro atoms. The van der Waals surface area contributed by atoms with Crippen LogP contribution in [0.4, 0.5) is 0 Å². The first-order chi connectivity index (χ1) is 11.9. The van der Waals surface area contributed by atoms with E-state index in [9.17, 15) is 19.5 Å². The van der Waals surface area contributed by atoms with Crippen LogP contribution in [0.25, 0.3) is 0 Å². The SMILES string of the molecule is COc1cc(C(=O)NC2(C(=O)O)CCSCC2)ccc1OCC(N)=O. The number of rotatable bonds is 7. The molecule has 1 aromatic rings. The molecule has 136 valence electrons. The molecule has 1 aromatic carbocycles. The Hall–Kier alpha value is -2.42. The molecular formula is C16H20N2O6S. The van der Waals surface area contributed by atoms with Crippen LogP contribution in [-0.2, 0) is 9.59 Å². The summed E-state index contributed by atoms with van der Waals surface area (Å²) in [5.74, 6) is -0.311. The van der Waals surface area contributed by atoms with Crippen LogP contribution >= 0.6 is 11.8 Å². The van der Waals surface area contributed by atoms with Gasteiger partial charge in [0.2, 0.25) is 0 Å². The Bertz CT molecular complexity index is 673. The van der Waals surface area contributed by atoms with Crippen LogP contribution in [0.15, 0.2) is 18.2 Å². The monoisotopic (exact) mass is 368 g/mol. The number of nitrogens with two attached hydrogens (primary N) is 1. The second-order valence-electron chi connectivity index (χ2n) is 5.57. The lowest BCUT2D eigenvalue weighted by Gasteiger charge is -2.33. The van der Waals surface area contributed by atoms with E-state index in [1.54, 1.807) is 11.8 Å². The molecule has 0 aromatic heterocycles. The molecule has 1 heterocycles. The van der Waals surface area contributed by atoms with Crippen molar-refractivity contribution < 1.29 is 29.0 Å². The Morgan fingerprint density at radius 2 is 1.96 bits per heavy atom. The lowest BCUT2D eigenvalue weighted by molar-refractivity contribution is -0.144. The van der Waals surface area contributed by atoms with Gasteiger partial charge in [-0.3, -0.25) is 9.59 Å². The van der Waals surface area contributed by atoms with Gasteiger partial charge in [-0.15, -0.1) is 0 Å². The average Bonchev–Trinajstić information content (AvgIpc) is 2.60. The lowest BCUT2D eigenvalue weighted by Crippen LogP contribution is -2.56. The number of primary amides is 1. The number of carboxylic acids is 1. The van der Waals surface area contributed by atoms with E-state index in [4.69, 9.17) is 15.2 Å². The van der Waals surface area contributed by atoms with Crippen molar-refractivity contribution in [2.75, 3.05) is 25.2 Å². The maximum atomic E-state index is 12.5. The van der Waals surface area contributed by atoms with E-state index in [2.05, 4.69) is 5.32 Å². The highest BCUT2D eigenvalue weighted by Crippen LogP contribution is 2.30. The summed E-state index contributed by atoms with van der Waals surface area (Å²) in [7, 11) is 1.39. The number of nitrogens with one attached hydrogen (secondary N) is 1. The van der Waals surface area contributed by atoms with Crippen molar-refractivity contribution >= 4 is 29.5 Å². The second-order valence-corrected chi connectivity index (χ2v) is 6.80. The highest BCUT2D eigenvalue weighted by Gasteiger charge is 2.41. The Kier molecular flexibility index (Phi) is 6.13. The highest BCUT2D eigenvalue weighted by atomic mass is 32.2. The van der Waals surface area contributed by atoms with Crippen molar-refractivity contribution in [2.24, 2.45) is 5.73 Å². The first kappa shape index (κ1) is 18.9. The number of ether oxygens (including phenoxy) is 2. The molecule has 0 radical (unpaired) electrons. The van der Waals surface area contributed by atoms with Crippen LogP contribution in [0.3, 0.4) is 0 Å². The van der Waals surface area contributed by atoms with Gasteiger partial charge in [-0.2, -0.15) is 11.8 Å². The van der Waals surface area contributed by atoms with Crippen LogP contribution in [0.1, 0.15) is 23.2 Å². The van der Waals surface area contributed by atoms with Gasteiger partial charge in [0.05, 0.1) is 7.11 Å². The van der Waals surface area contributed by atoms with E-state index in [-0.39, 0.29) is 23.7 Å². The number of hydrogen-bond acceptors (Lipinski definition) is 6. The maximum Gasteiger partial charge on any atom is 0.329 e. The normalized spacial score (nSPS) is 15.9. The van der Waals surface area contributed by atoms with Crippen LogP contribution in [0.2, 0.25) is 0 Å². The third kappa shape index (κ3) is 4.56. The van der Waals surface area contributed by atoms with Crippen molar-refractivity contribution in [3.05, 3.63) is 23.8 Å². The minimum absolute atomic E-state index is 0.238. The minimum atomic E-state index is -1.25. The van der Waals surface area contributed by atoms with Gasteiger partial charge in [0.15, 0.2) is 18.1 Å². The van der Waals surface area contributed by atoms with Gasteiger partial charge in [-0.25, -0.2) is 4.79 Å². The number of hydrogen-bond donors (Lipinski definition) is 3. The summed E-state index contributed by atoms with van der Waals surface area (Å²) in [6, 6.07) is 4.38. The highest BCUT2D eigenvalue weighted by molar-refractivity contribution is 7.99. The summed E-state index contributed by atoms with van der Waals surface area (Å²) in [5.41, 5.74) is 4.02. The van der Waals surface area contributed by atoms with Crippen LogP contribution in [-0.4, -0.2) is 53.7 Å². The Balaban J connectivity index is 2.18. The number of benzene rings is 1. The molecular weight excluding hydrogens is 348 g/mol. The largest absolute Gasteiger partial charge is 0.493 e. The minimum Gasteiger partial charge on any atom is -0.493 e. The standard InChI is InChI=1S/C16H20N2O6S/c1-23-12-8-10(2-3-11(12)24-9-13(17)19)14(20)18-16(15(21)22)4-6-25-7-5-16/h2-3,8H,4-7,9H2,1H3,(H2,17,19)(H,18,20)(H,21,22). The van der Waals surface area contributed by atoms with Gasteiger partial charge in [0, 0.05) is 5.56 Å². The Labute approximate surface area is 149 Å². The molecule has 0 bridgehead atoms. The lowest BCUT2D eigenvalue weighted by atomic mass is 9.92. The van der Waals surface area contributed by atoms with Crippen molar-refractivity contribution in [1.82, 2.24) is 5.32 Å².